The topological polar surface area (TPSA) is 95.7 Å². The first kappa shape index (κ1) is 13.7. The highest BCUT2D eigenvalue weighted by atomic mass is 32.2. The molecule has 0 aromatic carbocycles. The molecule has 2 saturated heterocycles. The first-order valence-electron chi connectivity index (χ1n) is 6.28. The smallest absolute Gasteiger partial charge is 0.277 e. The summed E-state index contributed by atoms with van der Waals surface area (Å²) in [6, 6.07) is -0.0974. The van der Waals surface area contributed by atoms with Gasteiger partial charge in [-0.05, 0) is 19.4 Å². The van der Waals surface area contributed by atoms with Crippen molar-refractivity contribution in [2.45, 2.75) is 25.3 Å². The molecule has 0 aromatic rings. The number of hydrogen-bond donors (Lipinski definition) is 2. The molecule has 2 aliphatic heterocycles. The van der Waals surface area contributed by atoms with E-state index in [-0.39, 0.29) is 25.0 Å². The second-order valence-electron chi connectivity index (χ2n) is 4.77. The largest absolute Gasteiger partial charge is 0.339 e. The standard InChI is InChI=1S/C10H20N4O3S/c11-18(16,17)14-7-5-13(6-8-14)10(15)9-3-1-2-4-12-9/h9,12H,1-8H2,(H2,11,16,17)/t9-/m0/s1. The summed E-state index contributed by atoms with van der Waals surface area (Å²) in [5.41, 5.74) is 0. The monoisotopic (exact) mass is 276 g/mol. The first-order valence-corrected chi connectivity index (χ1v) is 7.79. The lowest BCUT2D eigenvalue weighted by atomic mass is 10.0. The molecule has 18 heavy (non-hydrogen) atoms. The number of carbonyl (C=O) groups excluding carboxylic acids is 1. The Kier molecular flexibility index (Phi) is 4.21. The SMILES string of the molecule is NS(=O)(=O)N1CCN(C(=O)[C@@H]2CCCCN2)CC1. The Morgan fingerprint density at radius 3 is 2.33 bits per heavy atom. The molecule has 3 N–H and O–H groups in total. The number of nitrogens with one attached hydrogen (secondary N) is 1. The fourth-order valence-electron chi connectivity index (χ4n) is 2.45. The van der Waals surface area contributed by atoms with Gasteiger partial charge in [0.15, 0.2) is 0 Å². The average Bonchev–Trinajstić information content (AvgIpc) is 2.38. The van der Waals surface area contributed by atoms with Crippen molar-refractivity contribution in [1.82, 2.24) is 14.5 Å². The molecular weight excluding hydrogens is 256 g/mol. The summed E-state index contributed by atoms with van der Waals surface area (Å²) >= 11 is 0. The molecule has 0 radical (unpaired) electrons. The zero-order valence-electron chi connectivity index (χ0n) is 10.3. The summed E-state index contributed by atoms with van der Waals surface area (Å²) in [6.07, 6.45) is 3.05. The van der Waals surface area contributed by atoms with Crippen LogP contribution in [0.4, 0.5) is 0 Å². The Balaban J connectivity index is 1.87. The third-order valence-corrected chi connectivity index (χ3v) is 4.60. The molecule has 0 unspecified atom stereocenters. The molecule has 0 spiro atoms. The van der Waals surface area contributed by atoms with Crippen LogP contribution in [0.15, 0.2) is 0 Å². The van der Waals surface area contributed by atoms with Crippen LogP contribution in [0, 0.1) is 0 Å². The minimum atomic E-state index is -3.62. The second kappa shape index (κ2) is 5.52. The van der Waals surface area contributed by atoms with Gasteiger partial charge in [-0.15, -0.1) is 0 Å². The number of piperidine rings is 1. The molecule has 2 aliphatic rings. The number of rotatable bonds is 2. The van der Waals surface area contributed by atoms with Crippen LogP contribution in [0.25, 0.3) is 0 Å². The van der Waals surface area contributed by atoms with Gasteiger partial charge in [0.05, 0.1) is 6.04 Å². The Hall–Kier alpha value is -0.700. The van der Waals surface area contributed by atoms with Crippen LogP contribution >= 0.6 is 0 Å². The molecule has 1 amide bonds. The fraction of sp³-hybridized carbons (Fsp3) is 0.900. The van der Waals surface area contributed by atoms with Crippen LogP contribution in [0.3, 0.4) is 0 Å². The molecule has 0 saturated carbocycles. The van der Waals surface area contributed by atoms with Gasteiger partial charge in [-0.1, -0.05) is 6.42 Å². The predicted octanol–water partition coefficient (Wildman–Crippen LogP) is -1.52. The predicted molar refractivity (Wildman–Crippen MR) is 66.9 cm³/mol. The molecular formula is C10H20N4O3S. The van der Waals surface area contributed by atoms with E-state index in [1.165, 1.54) is 4.31 Å². The van der Waals surface area contributed by atoms with Crippen molar-refractivity contribution < 1.29 is 13.2 Å². The Morgan fingerprint density at radius 1 is 1.17 bits per heavy atom. The highest BCUT2D eigenvalue weighted by molar-refractivity contribution is 7.86. The summed E-state index contributed by atoms with van der Waals surface area (Å²) in [6.45, 7) is 2.31. The normalized spacial score (nSPS) is 27.2. The van der Waals surface area contributed by atoms with Gasteiger partial charge in [-0.3, -0.25) is 4.79 Å². The number of piperazine rings is 1. The minimum Gasteiger partial charge on any atom is -0.339 e. The molecule has 0 bridgehead atoms. The molecule has 104 valence electrons. The van der Waals surface area contributed by atoms with Crippen molar-refractivity contribution in [3.8, 4) is 0 Å². The van der Waals surface area contributed by atoms with E-state index in [9.17, 15) is 13.2 Å². The van der Waals surface area contributed by atoms with Gasteiger partial charge in [0, 0.05) is 26.2 Å². The van der Waals surface area contributed by atoms with Gasteiger partial charge in [0.2, 0.25) is 5.91 Å². The quantitative estimate of drug-likeness (QED) is 0.640. The molecule has 0 aromatic heterocycles. The lowest BCUT2D eigenvalue weighted by Crippen LogP contribution is -2.56. The highest BCUT2D eigenvalue weighted by Crippen LogP contribution is 2.12. The van der Waals surface area contributed by atoms with Crippen LogP contribution in [-0.2, 0) is 15.0 Å². The van der Waals surface area contributed by atoms with Gasteiger partial charge in [-0.2, -0.15) is 12.7 Å². The van der Waals surface area contributed by atoms with Crippen molar-refractivity contribution in [3.05, 3.63) is 0 Å². The number of hydrogen-bond acceptors (Lipinski definition) is 4. The van der Waals surface area contributed by atoms with Crippen molar-refractivity contribution in [2.75, 3.05) is 32.7 Å². The summed E-state index contributed by atoms with van der Waals surface area (Å²) in [7, 11) is -3.62. The van der Waals surface area contributed by atoms with E-state index in [2.05, 4.69) is 5.32 Å². The molecule has 7 nitrogen and oxygen atoms in total. The lowest BCUT2D eigenvalue weighted by Gasteiger charge is -2.36. The Labute approximate surface area is 107 Å². The van der Waals surface area contributed by atoms with E-state index in [1.807, 2.05) is 0 Å². The maximum atomic E-state index is 12.2. The third kappa shape index (κ3) is 3.19. The highest BCUT2D eigenvalue weighted by Gasteiger charge is 2.30. The Bertz CT molecular complexity index is 397. The summed E-state index contributed by atoms with van der Waals surface area (Å²) in [5.74, 6) is 0.0868. The van der Waals surface area contributed by atoms with Gasteiger partial charge in [0.1, 0.15) is 0 Å². The summed E-state index contributed by atoms with van der Waals surface area (Å²) in [4.78, 5) is 13.9. The van der Waals surface area contributed by atoms with Gasteiger partial charge < -0.3 is 10.2 Å². The molecule has 1 atom stereocenters. The summed E-state index contributed by atoms with van der Waals surface area (Å²) < 4.78 is 23.5. The number of nitrogens with zero attached hydrogens (tertiary/aromatic N) is 2. The van der Waals surface area contributed by atoms with Crippen LogP contribution in [0.5, 0.6) is 0 Å². The zero-order chi connectivity index (χ0) is 13.2. The van der Waals surface area contributed by atoms with Crippen LogP contribution < -0.4 is 10.5 Å². The summed E-state index contributed by atoms with van der Waals surface area (Å²) in [5, 5.41) is 8.27. The van der Waals surface area contributed by atoms with Crippen LogP contribution in [0.2, 0.25) is 0 Å². The zero-order valence-corrected chi connectivity index (χ0v) is 11.2. The molecule has 8 heteroatoms. The molecule has 2 fully saturated rings. The molecule has 2 heterocycles. The van der Waals surface area contributed by atoms with E-state index < -0.39 is 10.2 Å². The third-order valence-electron chi connectivity index (χ3n) is 3.52. The molecule has 0 aliphatic carbocycles. The van der Waals surface area contributed by atoms with Gasteiger partial charge in [0.25, 0.3) is 10.2 Å². The number of nitrogens with two attached hydrogens (primary N) is 1. The van der Waals surface area contributed by atoms with E-state index in [4.69, 9.17) is 5.14 Å². The van der Waals surface area contributed by atoms with Gasteiger partial charge >= 0.3 is 0 Å². The van der Waals surface area contributed by atoms with Crippen LogP contribution in [0.1, 0.15) is 19.3 Å². The second-order valence-corrected chi connectivity index (χ2v) is 6.32. The number of amides is 1. The van der Waals surface area contributed by atoms with Crippen molar-refractivity contribution in [1.29, 1.82) is 0 Å². The number of carbonyl (C=O) groups is 1. The fourth-order valence-corrected chi connectivity index (χ4v) is 3.12. The maximum absolute atomic E-state index is 12.2. The Morgan fingerprint density at radius 2 is 1.83 bits per heavy atom. The van der Waals surface area contributed by atoms with Crippen molar-refractivity contribution in [2.24, 2.45) is 5.14 Å². The molecule has 2 rings (SSSR count). The lowest BCUT2D eigenvalue weighted by molar-refractivity contribution is -0.135. The van der Waals surface area contributed by atoms with E-state index in [0.29, 0.717) is 13.1 Å². The van der Waals surface area contributed by atoms with Crippen LogP contribution in [-0.4, -0.2) is 62.3 Å². The minimum absolute atomic E-state index is 0.0868. The first-order chi connectivity index (χ1) is 8.48. The van der Waals surface area contributed by atoms with E-state index >= 15 is 0 Å². The van der Waals surface area contributed by atoms with E-state index in [0.717, 1.165) is 25.8 Å². The van der Waals surface area contributed by atoms with Gasteiger partial charge in [-0.25, -0.2) is 5.14 Å². The van der Waals surface area contributed by atoms with E-state index in [1.54, 1.807) is 4.90 Å². The van der Waals surface area contributed by atoms with Crippen molar-refractivity contribution >= 4 is 16.1 Å². The average molecular weight is 276 g/mol. The van der Waals surface area contributed by atoms with Crippen molar-refractivity contribution in [3.63, 3.8) is 0 Å². The maximum Gasteiger partial charge on any atom is 0.277 e.